The maximum atomic E-state index is 11.8. The van der Waals surface area contributed by atoms with Gasteiger partial charge in [0, 0.05) is 6.20 Å². The number of hydrogen-bond acceptors (Lipinski definition) is 2. The van der Waals surface area contributed by atoms with Gasteiger partial charge in [-0.2, -0.15) is 0 Å². The molecule has 5 nitrogen and oxygen atoms in total. The summed E-state index contributed by atoms with van der Waals surface area (Å²) in [5.41, 5.74) is -0.768. The molecule has 3 N–H and O–H groups in total. The summed E-state index contributed by atoms with van der Waals surface area (Å²) in [5, 5.41) is 11.8. The molecule has 1 aromatic rings. The highest BCUT2D eigenvalue weighted by Crippen LogP contribution is 2.39. The first-order valence-corrected chi connectivity index (χ1v) is 5.23. The van der Waals surface area contributed by atoms with Gasteiger partial charge in [0.05, 0.1) is 0 Å². The summed E-state index contributed by atoms with van der Waals surface area (Å²) in [6.45, 7) is 1.56. The molecule has 1 aromatic heterocycles. The summed E-state index contributed by atoms with van der Waals surface area (Å²) in [7, 11) is 0. The third-order valence-electron chi connectivity index (χ3n) is 3.05. The summed E-state index contributed by atoms with van der Waals surface area (Å²) >= 11 is 0. The topological polar surface area (TPSA) is 82.2 Å². The Morgan fingerprint density at radius 1 is 1.56 bits per heavy atom. The van der Waals surface area contributed by atoms with Crippen molar-refractivity contribution in [3.8, 4) is 0 Å². The molecule has 0 aromatic carbocycles. The predicted octanol–water partition coefficient (Wildman–Crippen LogP) is 0.998. The van der Waals surface area contributed by atoms with Crippen LogP contribution in [0.1, 0.15) is 30.3 Å². The van der Waals surface area contributed by atoms with Crippen LogP contribution in [0.4, 0.5) is 0 Å². The number of hydrogen-bond donors (Lipinski definition) is 3. The Kier molecular flexibility index (Phi) is 2.46. The predicted molar refractivity (Wildman–Crippen MR) is 57.0 cm³/mol. The SMILES string of the molecule is CC(NC(=O)c1ccc[nH]1)(C(=O)O)C1CC1. The first-order valence-electron chi connectivity index (χ1n) is 5.23. The highest BCUT2D eigenvalue weighted by Gasteiger charge is 2.48. The van der Waals surface area contributed by atoms with Crippen LogP contribution in [0.5, 0.6) is 0 Å². The van der Waals surface area contributed by atoms with Gasteiger partial charge >= 0.3 is 5.97 Å². The third-order valence-corrected chi connectivity index (χ3v) is 3.05. The van der Waals surface area contributed by atoms with Gasteiger partial charge in [-0.1, -0.05) is 0 Å². The molecular formula is C11H14N2O3. The summed E-state index contributed by atoms with van der Waals surface area (Å²) < 4.78 is 0. The zero-order chi connectivity index (χ0) is 11.8. The van der Waals surface area contributed by atoms with E-state index in [0.717, 1.165) is 12.8 Å². The summed E-state index contributed by atoms with van der Waals surface area (Å²) in [6, 6.07) is 3.31. The first kappa shape index (κ1) is 10.7. The zero-order valence-corrected chi connectivity index (χ0v) is 8.99. The van der Waals surface area contributed by atoms with Crippen LogP contribution in [0.3, 0.4) is 0 Å². The van der Waals surface area contributed by atoms with Crippen molar-refractivity contribution in [2.24, 2.45) is 5.92 Å². The average molecular weight is 222 g/mol. The zero-order valence-electron chi connectivity index (χ0n) is 8.99. The smallest absolute Gasteiger partial charge is 0.329 e. The monoisotopic (exact) mass is 222 g/mol. The largest absolute Gasteiger partial charge is 0.480 e. The van der Waals surface area contributed by atoms with E-state index in [1.54, 1.807) is 25.3 Å². The normalized spacial score (nSPS) is 18.8. The van der Waals surface area contributed by atoms with Crippen molar-refractivity contribution in [1.82, 2.24) is 10.3 Å². The quantitative estimate of drug-likeness (QED) is 0.710. The van der Waals surface area contributed by atoms with Crippen LogP contribution >= 0.6 is 0 Å². The molecule has 1 fully saturated rings. The molecule has 1 heterocycles. The van der Waals surface area contributed by atoms with Crippen molar-refractivity contribution in [3.63, 3.8) is 0 Å². The van der Waals surface area contributed by atoms with Gasteiger partial charge in [0.25, 0.3) is 5.91 Å². The molecule has 1 amide bonds. The number of amides is 1. The van der Waals surface area contributed by atoms with Gasteiger partial charge < -0.3 is 15.4 Å². The van der Waals surface area contributed by atoms with Gasteiger partial charge in [-0.15, -0.1) is 0 Å². The van der Waals surface area contributed by atoms with Crippen molar-refractivity contribution in [2.45, 2.75) is 25.3 Å². The lowest BCUT2D eigenvalue weighted by molar-refractivity contribution is -0.144. The molecule has 0 radical (unpaired) electrons. The number of carbonyl (C=O) groups excluding carboxylic acids is 1. The van der Waals surface area contributed by atoms with Gasteiger partial charge in [0.15, 0.2) is 0 Å². The van der Waals surface area contributed by atoms with Crippen LogP contribution in [-0.2, 0) is 4.79 Å². The van der Waals surface area contributed by atoms with E-state index in [9.17, 15) is 9.59 Å². The van der Waals surface area contributed by atoms with Gasteiger partial charge in [-0.25, -0.2) is 4.79 Å². The Balaban J connectivity index is 2.12. The molecule has 5 heteroatoms. The van der Waals surface area contributed by atoms with Gasteiger partial charge in [-0.3, -0.25) is 4.79 Å². The number of aromatic amines is 1. The molecule has 0 spiro atoms. The summed E-state index contributed by atoms with van der Waals surface area (Å²) in [6.07, 6.45) is 3.34. The summed E-state index contributed by atoms with van der Waals surface area (Å²) in [4.78, 5) is 25.7. The lowest BCUT2D eigenvalue weighted by Gasteiger charge is -2.25. The standard InChI is InChI=1S/C11H14N2O3/c1-11(10(15)16,7-4-5-7)13-9(14)8-3-2-6-12-8/h2-3,6-7,12H,4-5H2,1H3,(H,13,14)(H,15,16). The molecule has 16 heavy (non-hydrogen) atoms. The number of carbonyl (C=O) groups is 2. The van der Waals surface area contributed by atoms with Crippen LogP contribution in [0.25, 0.3) is 0 Å². The minimum Gasteiger partial charge on any atom is -0.480 e. The van der Waals surface area contributed by atoms with E-state index >= 15 is 0 Å². The highest BCUT2D eigenvalue weighted by molar-refractivity contribution is 5.96. The van der Waals surface area contributed by atoms with Gasteiger partial charge in [0.1, 0.15) is 11.2 Å². The number of aliphatic carboxylic acids is 1. The Bertz CT molecular complexity index is 409. The lowest BCUT2D eigenvalue weighted by Crippen LogP contribution is -2.54. The molecule has 0 saturated heterocycles. The number of carboxylic acids is 1. The molecule has 2 rings (SSSR count). The van der Waals surface area contributed by atoms with E-state index in [0.29, 0.717) is 5.69 Å². The number of rotatable bonds is 4. The molecular weight excluding hydrogens is 208 g/mol. The minimum absolute atomic E-state index is 0.0453. The second-order valence-electron chi connectivity index (χ2n) is 4.32. The molecule has 86 valence electrons. The van der Waals surface area contributed by atoms with Crippen LogP contribution in [-0.4, -0.2) is 27.5 Å². The molecule has 1 aliphatic rings. The number of H-pyrrole nitrogens is 1. The number of carboxylic acid groups (broad SMARTS) is 1. The van der Waals surface area contributed by atoms with Crippen LogP contribution in [0.15, 0.2) is 18.3 Å². The van der Waals surface area contributed by atoms with Crippen molar-refractivity contribution < 1.29 is 14.7 Å². The van der Waals surface area contributed by atoms with E-state index in [-0.39, 0.29) is 11.8 Å². The van der Waals surface area contributed by atoms with E-state index < -0.39 is 11.5 Å². The van der Waals surface area contributed by atoms with Crippen molar-refractivity contribution in [3.05, 3.63) is 24.0 Å². The fourth-order valence-corrected chi connectivity index (χ4v) is 1.77. The molecule has 1 atom stereocenters. The van der Waals surface area contributed by atoms with E-state index in [2.05, 4.69) is 10.3 Å². The van der Waals surface area contributed by atoms with Gasteiger partial charge in [0.2, 0.25) is 0 Å². The second kappa shape index (κ2) is 3.66. The van der Waals surface area contributed by atoms with Crippen molar-refractivity contribution in [2.75, 3.05) is 0 Å². The summed E-state index contributed by atoms with van der Waals surface area (Å²) in [5.74, 6) is -1.30. The Morgan fingerprint density at radius 2 is 2.25 bits per heavy atom. The molecule has 1 saturated carbocycles. The maximum absolute atomic E-state index is 11.8. The van der Waals surface area contributed by atoms with Crippen molar-refractivity contribution in [1.29, 1.82) is 0 Å². The Morgan fingerprint density at radius 3 is 2.69 bits per heavy atom. The fraction of sp³-hybridized carbons (Fsp3) is 0.455. The first-order chi connectivity index (χ1) is 7.54. The Hall–Kier alpha value is -1.78. The fourth-order valence-electron chi connectivity index (χ4n) is 1.77. The third kappa shape index (κ3) is 1.80. The lowest BCUT2D eigenvalue weighted by atomic mass is 9.96. The Labute approximate surface area is 92.9 Å². The van der Waals surface area contributed by atoms with E-state index in [4.69, 9.17) is 5.11 Å². The van der Waals surface area contributed by atoms with E-state index in [1.165, 1.54) is 0 Å². The maximum Gasteiger partial charge on any atom is 0.329 e. The minimum atomic E-state index is -1.15. The number of aromatic nitrogens is 1. The van der Waals surface area contributed by atoms with Crippen molar-refractivity contribution >= 4 is 11.9 Å². The van der Waals surface area contributed by atoms with Crippen LogP contribution in [0.2, 0.25) is 0 Å². The van der Waals surface area contributed by atoms with Crippen LogP contribution < -0.4 is 5.32 Å². The average Bonchev–Trinajstić information content (AvgIpc) is 2.94. The van der Waals surface area contributed by atoms with Crippen LogP contribution in [0, 0.1) is 5.92 Å². The molecule has 1 unspecified atom stereocenters. The molecule has 0 aliphatic heterocycles. The molecule has 1 aliphatic carbocycles. The number of nitrogens with one attached hydrogen (secondary N) is 2. The van der Waals surface area contributed by atoms with Gasteiger partial charge in [-0.05, 0) is 37.8 Å². The highest BCUT2D eigenvalue weighted by atomic mass is 16.4. The van der Waals surface area contributed by atoms with E-state index in [1.807, 2.05) is 0 Å². The second-order valence-corrected chi connectivity index (χ2v) is 4.32. The molecule has 0 bridgehead atoms.